The Morgan fingerprint density at radius 1 is 1.33 bits per heavy atom. The molecule has 21 heavy (non-hydrogen) atoms. The van der Waals surface area contributed by atoms with E-state index in [-0.39, 0.29) is 24.2 Å². The van der Waals surface area contributed by atoms with Crippen molar-refractivity contribution in [1.29, 1.82) is 0 Å². The highest BCUT2D eigenvalue weighted by Crippen LogP contribution is 2.12. The average Bonchev–Trinajstić information content (AvgIpc) is 2.40. The zero-order valence-corrected chi connectivity index (χ0v) is 13.9. The molecule has 0 aliphatic heterocycles. The van der Waals surface area contributed by atoms with E-state index in [1.807, 2.05) is 6.92 Å². The van der Waals surface area contributed by atoms with Gasteiger partial charge in [-0.05, 0) is 30.7 Å². The van der Waals surface area contributed by atoms with Gasteiger partial charge in [0.1, 0.15) is 12.4 Å². The summed E-state index contributed by atoms with van der Waals surface area (Å²) in [5.74, 6) is 0.454. The SMILES string of the molecule is CC(CCNS(=O)(=O)CCOc1ccc(N)cc1)S(C)=O. The van der Waals surface area contributed by atoms with Gasteiger partial charge in [0.2, 0.25) is 10.0 Å². The Balaban J connectivity index is 2.29. The molecule has 0 aliphatic carbocycles. The topological polar surface area (TPSA) is 98.5 Å². The summed E-state index contributed by atoms with van der Waals surface area (Å²) in [4.78, 5) is 0. The molecule has 2 unspecified atom stereocenters. The summed E-state index contributed by atoms with van der Waals surface area (Å²) >= 11 is 0. The second kappa shape index (κ2) is 8.35. The summed E-state index contributed by atoms with van der Waals surface area (Å²) in [6.07, 6.45) is 2.15. The molecule has 0 radical (unpaired) electrons. The quantitative estimate of drug-likeness (QED) is 0.649. The number of nitrogen functional groups attached to an aromatic ring is 1. The first-order valence-corrected chi connectivity index (χ1v) is 9.85. The van der Waals surface area contributed by atoms with Gasteiger partial charge in [0.15, 0.2) is 0 Å². The molecule has 2 atom stereocenters. The van der Waals surface area contributed by atoms with E-state index in [2.05, 4.69) is 4.72 Å². The lowest BCUT2D eigenvalue weighted by Gasteiger charge is -2.10. The molecule has 0 saturated carbocycles. The second-order valence-electron chi connectivity index (χ2n) is 4.73. The number of hydrogen-bond acceptors (Lipinski definition) is 5. The third-order valence-electron chi connectivity index (χ3n) is 2.94. The van der Waals surface area contributed by atoms with Crippen molar-refractivity contribution in [3.63, 3.8) is 0 Å². The summed E-state index contributed by atoms with van der Waals surface area (Å²) in [6, 6.07) is 6.75. The molecule has 3 N–H and O–H groups in total. The predicted octanol–water partition coefficient (Wildman–Crippen LogP) is 0.724. The minimum Gasteiger partial charge on any atom is -0.492 e. The van der Waals surface area contributed by atoms with Gasteiger partial charge >= 0.3 is 0 Å². The van der Waals surface area contributed by atoms with Crippen LogP contribution in [0.2, 0.25) is 0 Å². The van der Waals surface area contributed by atoms with Gasteiger partial charge in [-0.2, -0.15) is 0 Å². The lowest BCUT2D eigenvalue weighted by Crippen LogP contribution is -2.31. The summed E-state index contributed by atoms with van der Waals surface area (Å²) < 4.78 is 42.5. The molecule has 0 bridgehead atoms. The van der Waals surface area contributed by atoms with Crippen molar-refractivity contribution in [2.45, 2.75) is 18.6 Å². The van der Waals surface area contributed by atoms with Crippen LogP contribution in [0, 0.1) is 0 Å². The number of ether oxygens (including phenoxy) is 1. The monoisotopic (exact) mass is 334 g/mol. The average molecular weight is 334 g/mol. The van der Waals surface area contributed by atoms with E-state index in [4.69, 9.17) is 10.5 Å². The zero-order valence-electron chi connectivity index (χ0n) is 12.2. The summed E-state index contributed by atoms with van der Waals surface area (Å²) in [7, 11) is -4.32. The predicted molar refractivity (Wildman–Crippen MR) is 86.3 cm³/mol. The molecule has 0 amide bonds. The van der Waals surface area contributed by atoms with Gasteiger partial charge in [0.05, 0.1) is 5.75 Å². The molecular formula is C13H22N2O4S2. The maximum atomic E-state index is 11.7. The largest absolute Gasteiger partial charge is 0.492 e. The molecule has 1 rings (SSSR count). The van der Waals surface area contributed by atoms with Crippen molar-refractivity contribution in [2.24, 2.45) is 0 Å². The van der Waals surface area contributed by atoms with Gasteiger partial charge < -0.3 is 10.5 Å². The Hall–Kier alpha value is -1.12. The lowest BCUT2D eigenvalue weighted by atomic mass is 10.3. The van der Waals surface area contributed by atoms with Crippen molar-refractivity contribution in [2.75, 3.05) is 30.9 Å². The van der Waals surface area contributed by atoms with Crippen LogP contribution in [0.25, 0.3) is 0 Å². The van der Waals surface area contributed by atoms with Gasteiger partial charge in [-0.15, -0.1) is 0 Å². The smallest absolute Gasteiger partial charge is 0.214 e. The van der Waals surface area contributed by atoms with E-state index in [0.29, 0.717) is 17.9 Å². The van der Waals surface area contributed by atoms with E-state index in [0.717, 1.165) is 0 Å². The Kier molecular flexibility index (Phi) is 7.13. The highest BCUT2D eigenvalue weighted by molar-refractivity contribution is 7.89. The fourth-order valence-corrected chi connectivity index (χ4v) is 2.81. The van der Waals surface area contributed by atoms with E-state index < -0.39 is 20.8 Å². The van der Waals surface area contributed by atoms with Crippen molar-refractivity contribution >= 4 is 26.5 Å². The molecule has 0 aromatic heterocycles. The molecule has 1 aromatic rings. The Morgan fingerprint density at radius 2 is 1.95 bits per heavy atom. The maximum absolute atomic E-state index is 11.7. The van der Waals surface area contributed by atoms with Gasteiger partial charge in [-0.3, -0.25) is 4.21 Å². The van der Waals surface area contributed by atoms with E-state index in [1.165, 1.54) is 0 Å². The van der Waals surface area contributed by atoms with Crippen molar-refractivity contribution in [1.82, 2.24) is 4.72 Å². The zero-order chi connectivity index (χ0) is 15.9. The third kappa shape index (κ3) is 7.45. The number of anilines is 1. The van der Waals surface area contributed by atoms with E-state index >= 15 is 0 Å². The number of hydrogen-bond donors (Lipinski definition) is 2. The fourth-order valence-electron chi connectivity index (χ4n) is 1.49. The van der Waals surface area contributed by atoms with E-state index in [1.54, 1.807) is 30.5 Å². The van der Waals surface area contributed by atoms with Crippen LogP contribution in [0.1, 0.15) is 13.3 Å². The molecule has 0 spiro atoms. The molecule has 120 valence electrons. The first-order chi connectivity index (χ1) is 9.80. The van der Waals surface area contributed by atoms with Crippen LogP contribution in [0.3, 0.4) is 0 Å². The number of sulfonamides is 1. The first kappa shape index (κ1) is 17.9. The fraction of sp³-hybridized carbons (Fsp3) is 0.538. The summed E-state index contributed by atoms with van der Waals surface area (Å²) in [5, 5.41) is -0.0290. The second-order valence-corrected chi connectivity index (χ2v) is 8.46. The molecule has 0 heterocycles. The highest BCUT2D eigenvalue weighted by atomic mass is 32.2. The minimum atomic E-state index is -3.38. The van der Waals surface area contributed by atoms with Gasteiger partial charge in [0, 0.05) is 34.5 Å². The van der Waals surface area contributed by atoms with Gasteiger partial charge in [-0.25, -0.2) is 13.1 Å². The van der Waals surface area contributed by atoms with Crippen LogP contribution in [0.15, 0.2) is 24.3 Å². The normalized spacial score (nSPS) is 14.6. The van der Waals surface area contributed by atoms with Crippen LogP contribution in [-0.4, -0.2) is 43.0 Å². The number of benzene rings is 1. The number of rotatable bonds is 9. The molecule has 8 heteroatoms. The summed E-state index contributed by atoms with van der Waals surface area (Å²) in [6.45, 7) is 2.17. The van der Waals surface area contributed by atoms with Crippen LogP contribution < -0.4 is 15.2 Å². The van der Waals surface area contributed by atoms with Crippen molar-refractivity contribution in [3.05, 3.63) is 24.3 Å². The Morgan fingerprint density at radius 3 is 2.52 bits per heavy atom. The van der Waals surface area contributed by atoms with Crippen molar-refractivity contribution in [3.8, 4) is 5.75 Å². The maximum Gasteiger partial charge on any atom is 0.214 e. The van der Waals surface area contributed by atoms with Gasteiger partial charge in [-0.1, -0.05) is 6.92 Å². The van der Waals surface area contributed by atoms with Crippen LogP contribution in [0.5, 0.6) is 5.75 Å². The van der Waals surface area contributed by atoms with Crippen LogP contribution in [0.4, 0.5) is 5.69 Å². The highest BCUT2D eigenvalue weighted by Gasteiger charge is 2.12. The molecule has 1 aromatic carbocycles. The molecule has 0 aliphatic rings. The number of nitrogens with two attached hydrogens (primary N) is 1. The molecule has 0 saturated heterocycles. The lowest BCUT2D eigenvalue weighted by molar-refractivity contribution is 0.340. The van der Waals surface area contributed by atoms with E-state index in [9.17, 15) is 12.6 Å². The third-order valence-corrected chi connectivity index (χ3v) is 5.66. The molecule has 0 fully saturated rings. The standard InChI is InChI=1S/C13H22N2O4S2/c1-11(20(2)16)7-8-15-21(17,18)10-9-19-13-5-3-12(14)4-6-13/h3-6,11,15H,7-10,14H2,1-2H3. The minimum absolute atomic E-state index is 0.0290. The Labute approximate surface area is 128 Å². The first-order valence-electron chi connectivity index (χ1n) is 6.58. The summed E-state index contributed by atoms with van der Waals surface area (Å²) in [5.41, 5.74) is 6.17. The number of nitrogens with one attached hydrogen (secondary N) is 1. The van der Waals surface area contributed by atoms with Crippen LogP contribution in [-0.2, 0) is 20.8 Å². The Bertz CT molecular complexity index is 558. The molecular weight excluding hydrogens is 312 g/mol. The van der Waals surface area contributed by atoms with Crippen LogP contribution >= 0.6 is 0 Å². The van der Waals surface area contributed by atoms with Crippen molar-refractivity contribution < 1.29 is 17.4 Å². The molecule has 6 nitrogen and oxygen atoms in total. The van der Waals surface area contributed by atoms with Gasteiger partial charge in [0.25, 0.3) is 0 Å².